The van der Waals surface area contributed by atoms with E-state index in [1.165, 1.54) is 0 Å². The second-order valence-corrected chi connectivity index (χ2v) is 8.00. The zero-order chi connectivity index (χ0) is 17.8. The number of hydrogen-bond acceptors (Lipinski definition) is 6. The zero-order valence-corrected chi connectivity index (χ0v) is 15.8. The monoisotopic (exact) mass is 425 g/mol. The van der Waals surface area contributed by atoms with Gasteiger partial charge in [0.05, 0.1) is 10.3 Å². The number of nitrogens with one attached hydrogen (secondary N) is 2. The van der Waals surface area contributed by atoms with Gasteiger partial charge in [-0.15, -0.1) is 11.3 Å². The van der Waals surface area contributed by atoms with Crippen molar-refractivity contribution >= 4 is 44.9 Å². The van der Waals surface area contributed by atoms with Crippen molar-refractivity contribution in [3.8, 4) is 11.5 Å². The molecule has 0 saturated heterocycles. The first-order valence-corrected chi connectivity index (χ1v) is 9.04. The molecule has 0 saturated carbocycles. The van der Waals surface area contributed by atoms with Crippen LogP contribution in [0.2, 0.25) is 0 Å². The zero-order valence-electron chi connectivity index (χ0n) is 13.4. The molecule has 0 bridgehead atoms. The number of hydrogen-bond donors (Lipinski definition) is 2. The molecule has 132 valence electrons. The number of ether oxygens (including phenoxy) is 2. The van der Waals surface area contributed by atoms with Crippen molar-refractivity contribution in [3.63, 3.8) is 0 Å². The fourth-order valence-corrected chi connectivity index (χ4v) is 3.87. The van der Waals surface area contributed by atoms with Gasteiger partial charge in [0.2, 0.25) is 12.7 Å². The lowest BCUT2D eigenvalue weighted by atomic mass is 10.3. The maximum Gasteiger partial charge on any atom is 0.325 e. The molecule has 2 heterocycles. The Hall–Kier alpha value is -2.10. The minimum absolute atomic E-state index is 0.115. The molecule has 2 aromatic rings. The fraction of sp³-hybridized carbons (Fsp3) is 0.250. The molecule has 3 amide bonds. The normalized spacial score (nSPS) is 12.3. The molecule has 1 aromatic heterocycles. The summed E-state index contributed by atoms with van der Waals surface area (Å²) in [5.41, 5.74) is 0.520. The Bertz CT molecular complexity index is 795. The number of likely N-dealkylation sites (N-methyl/N-ethyl adjacent to an activating group) is 1. The minimum atomic E-state index is -0.587. The lowest BCUT2D eigenvalue weighted by Gasteiger charge is -2.15. The Kier molecular flexibility index (Phi) is 5.57. The van der Waals surface area contributed by atoms with Gasteiger partial charge in [-0.25, -0.2) is 4.79 Å². The van der Waals surface area contributed by atoms with E-state index in [4.69, 9.17) is 9.47 Å². The largest absolute Gasteiger partial charge is 0.454 e. The smallest absolute Gasteiger partial charge is 0.325 e. The van der Waals surface area contributed by atoms with Crippen molar-refractivity contribution in [2.45, 2.75) is 6.54 Å². The van der Waals surface area contributed by atoms with Gasteiger partial charge >= 0.3 is 6.03 Å². The Balaban J connectivity index is 1.46. The van der Waals surface area contributed by atoms with E-state index in [-0.39, 0.29) is 19.2 Å². The fourth-order valence-electron chi connectivity index (χ4n) is 2.31. The number of anilines is 1. The van der Waals surface area contributed by atoms with Gasteiger partial charge < -0.3 is 14.8 Å². The van der Waals surface area contributed by atoms with Crippen LogP contribution >= 0.6 is 27.3 Å². The summed E-state index contributed by atoms with van der Waals surface area (Å²) in [6.07, 6.45) is 0. The molecule has 1 aliphatic rings. The lowest BCUT2D eigenvalue weighted by molar-refractivity contribution is -0.120. The van der Waals surface area contributed by atoms with Crippen LogP contribution in [0.5, 0.6) is 11.5 Å². The van der Waals surface area contributed by atoms with Crippen LogP contribution in [0.3, 0.4) is 0 Å². The minimum Gasteiger partial charge on any atom is -0.454 e. The summed E-state index contributed by atoms with van der Waals surface area (Å²) in [7, 11) is 1.82. The van der Waals surface area contributed by atoms with Gasteiger partial charge in [0.15, 0.2) is 11.5 Å². The first-order chi connectivity index (χ1) is 12.0. The summed E-state index contributed by atoms with van der Waals surface area (Å²) in [5, 5.41) is 4.91. The Morgan fingerprint density at radius 1 is 1.24 bits per heavy atom. The van der Waals surface area contributed by atoms with Crippen LogP contribution in [-0.2, 0) is 11.3 Å². The highest BCUT2D eigenvalue weighted by Crippen LogP contribution is 2.34. The van der Waals surface area contributed by atoms with Crippen molar-refractivity contribution in [1.29, 1.82) is 0 Å². The molecule has 1 aliphatic heterocycles. The van der Waals surface area contributed by atoms with E-state index >= 15 is 0 Å². The third-order valence-electron chi connectivity index (χ3n) is 3.35. The molecule has 7 nitrogen and oxygen atoms in total. The van der Waals surface area contributed by atoms with Crippen LogP contribution in [0.15, 0.2) is 34.1 Å². The third-order valence-corrected chi connectivity index (χ3v) is 4.96. The molecule has 1 aromatic carbocycles. The predicted molar refractivity (Wildman–Crippen MR) is 98.1 cm³/mol. The van der Waals surface area contributed by atoms with Crippen molar-refractivity contribution in [2.24, 2.45) is 0 Å². The number of rotatable bonds is 5. The maximum absolute atomic E-state index is 12.0. The summed E-state index contributed by atoms with van der Waals surface area (Å²) in [6.45, 7) is 0.911. The average Bonchev–Trinajstić information content (AvgIpc) is 3.15. The standard InChI is InChI=1S/C16H16BrN3O4S/c1-20(7-11-3-5-14(17)25-11)8-15(21)19-16(22)18-10-2-4-12-13(6-10)24-9-23-12/h2-6H,7-9H2,1H3,(H2,18,19,21,22). The van der Waals surface area contributed by atoms with Crippen molar-refractivity contribution in [3.05, 3.63) is 39.0 Å². The lowest BCUT2D eigenvalue weighted by Crippen LogP contribution is -2.40. The number of imide groups is 1. The number of thiophene rings is 1. The highest BCUT2D eigenvalue weighted by Gasteiger charge is 2.15. The van der Waals surface area contributed by atoms with Crippen molar-refractivity contribution in [2.75, 3.05) is 25.7 Å². The number of benzene rings is 1. The first-order valence-electron chi connectivity index (χ1n) is 7.43. The molecular formula is C16H16BrN3O4S. The highest BCUT2D eigenvalue weighted by molar-refractivity contribution is 9.11. The van der Waals surface area contributed by atoms with Crippen LogP contribution in [0, 0.1) is 0 Å². The van der Waals surface area contributed by atoms with Gasteiger partial charge in [-0.1, -0.05) is 0 Å². The van der Waals surface area contributed by atoms with E-state index in [1.807, 2.05) is 24.1 Å². The Morgan fingerprint density at radius 3 is 2.80 bits per heavy atom. The number of carbonyl (C=O) groups excluding carboxylic acids is 2. The van der Waals surface area contributed by atoms with Gasteiger partial charge in [-0.05, 0) is 47.2 Å². The van der Waals surface area contributed by atoms with Crippen LogP contribution in [0.25, 0.3) is 0 Å². The van der Waals surface area contributed by atoms with Crippen molar-refractivity contribution < 1.29 is 19.1 Å². The predicted octanol–water partition coefficient (Wildman–Crippen LogP) is 3.02. The van der Waals surface area contributed by atoms with E-state index in [0.29, 0.717) is 23.7 Å². The molecule has 0 unspecified atom stereocenters. The summed E-state index contributed by atoms with van der Waals surface area (Å²) in [4.78, 5) is 26.9. The van der Waals surface area contributed by atoms with E-state index in [2.05, 4.69) is 26.6 Å². The molecule has 25 heavy (non-hydrogen) atoms. The van der Waals surface area contributed by atoms with Crippen LogP contribution < -0.4 is 20.1 Å². The first kappa shape index (κ1) is 17.7. The van der Waals surface area contributed by atoms with E-state index in [0.717, 1.165) is 8.66 Å². The molecule has 0 fully saturated rings. The van der Waals surface area contributed by atoms with Gasteiger partial charge in [0.25, 0.3) is 0 Å². The number of urea groups is 1. The van der Waals surface area contributed by atoms with Crippen LogP contribution in [-0.4, -0.2) is 37.2 Å². The molecule has 0 aliphatic carbocycles. The van der Waals surface area contributed by atoms with Crippen LogP contribution in [0.4, 0.5) is 10.5 Å². The van der Waals surface area contributed by atoms with Gasteiger partial charge in [-0.3, -0.25) is 15.0 Å². The molecular weight excluding hydrogens is 410 g/mol. The van der Waals surface area contributed by atoms with Gasteiger partial charge in [0, 0.05) is 23.2 Å². The van der Waals surface area contributed by atoms with Gasteiger partial charge in [0.1, 0.15) is 0 Å². The second-order valence-electron chi connectivity index (χ2n) is 5.45. The topological polar surface area (TPSA) is 79.9 Å². The summed E-state index contributed by atoms with van der Waals surface area (Å²) in [5.74, 6) is 0.811. The number of nitrogens with zero attached hydrogens (tertiary/aromatic N) is 1. The molecule has 2 N–H and O–H groups in total. The summed E-state index contributed by atoms with van der Waals surface area (Å²) in [6, 6.07) is 8.40. The van der Waals surface area contributed by atoms with Crippen molar-refractivity contribution in [1.82, 2.24) is 10.2 Å². The summed E-state index contributed by atoms with van der Waals surface area (Å²) < 4.78 is 11.5. The third kappa shape index (κ3) is 4.94. The Labute approximate surface area is 157 Å². The average molecular weight is 426 g/mol. The molecule has 3 rings (SSSR count). The van der Waals surface area contributed by atoms with E-state index in [1.54, 1.807) is 29.5 Å². The quantitative estimate of drug-likeness (QED) is 0.769. The van der Waals surface area contributed by atoms with Gasteiger partial charge in [-0.2, -0.15) is 0 Å². The van der Waals surface area contributed by atoms with Crippen LogP contribution in [0.1, 0.15) is 4.88 Å². The molecule has 0 atom stereocenters. The number of carbonyl (C=O) groups is 2. The molecule has 0 radical (unpaired) electrons. The number of fused-ring (bicyclic) bond motifs is 1. The Morgan fingerprint density at radius 2 is 2.04 bits per heavy atom. The highest BCUT2D eigenvalue weighted by atomic mass is 79.9. The maximum atomic E-state index is 12.0. The second kappa shape index (κ2) is 7.85. The summed E-state index contributed by atoms with van der Waals surface area (Å²) >= 11 is 5.02. The SMILES string of the molecule is CN(CC(=O)NC(=O)Nc1ccc2c(c1)OCO2)Cc1ccc(Br)s1. The van der Waals surface area contributed by atoms with E-state index < -0.39 is 6.03 Å². The molecule has 9 heteroatoms. The molecule has 0 spiro atoms. The number of amides is 3. The van der Waals surface area contributed by atoms with E-state index in [9.17, 15) is 9.59 Å². The number of halogens is 1.